The van der Waals surface area contributed by atoms with E-state index in [0.29, 0.717) is 12.8 Å². The number of furan rings is 1. The maximum atomic E-state index is 7.17. The van der Waals surface area contributed by atoms with E-state index in [9.17, 15) is 0 Å². The van der Waals surface area contributed by atoms with Crippen molar-refractivity contribution in [2.75, 3.05) is 0 Å². The number of amidine groups is 1. The van der Waals surface area contributed by atoms with Crippen molar-refractivity contribution < 1.29 is 4.42 Å². The molecule has 0 fully saturated rings. The molecule has 78 valence electrons. The van der Waals surface area contributed by atoms with Gasteiger partial charge in [-0.15, -0.1) is 0 Å². The zero-order valence-electron chi connectivity index (χ0n) is 8.16. The molecule has 0 unspecified atom stereocenters. The molecule has 0 saturated heterocycles. The number of aromatic amines is 1. The largest absolute Gasteiger partial charge is 0.472 e. The van der Waals surface area contributed by atoms with Crippen molar-refractivity contribution in [1.29, 1.82) is 5.41 Å². The van der Waals surface area contributed by atoms with E-state index >= 15 is 0 Å². The van der Waals surface area contributed by atoms with Gasteiger partial charge in [0.15, 0.2) is 0 Å². The topological polar surface area (TPSA) is 91.7 Å². The Balaban J connectivity index is 2.19. The van der Waals surface area contributed by atoms with Gasteiger partial charge in [-0.05, 0) is 18.1 Å². The molecule has 0 saturated carbocycles. The van der Waals surface area contributed by atoms with Crippen LogP contribution in [0.25, 0.3) is 11.3 Å². The molecule has 0 radical (unpaired) electrons. The number of hydrogen-bond acceptors (Lipinski definition) is 3. The first kappa shape index (κ1) is 9.51. The van der Waals surface area contributed by atoms with Gasteiger partial charge in [0.1, 0.15) is 0 Å². The van der Waals surface area contributed by atoms with Crippen molar-refractivity contribution >= 4 is 5.84 Å². The molecule has 5 heteroatoms. The molecule has 0 aliphatic carbocycles. The molecule has 4 N–H and O–H groups in total. The Morgan fingerprint density at radius 1 is 1.60 bits per heavy atom. The number of aryl methyl sites for hydroxylation is 1. The van der Waals surface area contributed by atoms with Crippen molar-refractivity contribution in [1.82, 2.24) is 10.2 Å². The van der Waals surface area contributed by atoms with Crippen LogP contribution >= 0.6 is 0 Å². The number of nitrogens with two attached hydrogens (primary N) is 1. The fourth-order valence-electron chi connectivity index (χ4n) is 1.43. The van der Waals surface area contributed by atoms with Gasteiger partial charge in [-0.3, -0.25) is 10.5 Å². The third-order valence-electron chi connectivity index (χ3n) is 2.19. The van der Waals surface area contributed by atoms with E-state index in [1.54, 1.807) is 18.7 Å². The molecule has 2 heterocycles. The molecule has 0 bridgehead atoms. The number of hydrogen-bond donors (Lipinski definition) is 3. The minimum absolute atomic E-state index is 0.189. The second-order valence-electron chi connectivity index (χ2n) is 3.31. The van der Waals surface area contributed by atoms with Gasteiger partial charge in [0.25, 0.3) is 0 Å². The van der Waals surface area contributed by atoms with Gasteiger partial charge in [0.2, 0.25) is 0 Å². The summed E-state index contributed by atoms with van der Waals surface area (Å²) in [5.41, 5.74) is 8.26. The van der Waals surface area contributed by atoms with Crippen LogP contribution in [0.2, 0.25) is 0 Å². The van der Waals surface area contributed by atoms with Gasteiger partial charge >= 0.3 is 0 Å². The van der Waals surface area contributed by atoms with Crippen LogP contribution in [0.5, 0.6) is 0 Å². The highest BCUT2D eigenvalue weighted by molar-refractivity contribution is 5.77. The van der Waals surface area contributed by atoms with Crippen LogP contribution in [-0.4, -0.2) is 16.0 Å². The number of nitrogens with zero attached hydrogens (tertiary/aromatic N) is 1. The molecular formula is C10H12N4O. The third-order valence-corrected chi connectivity index (χ3v) is 2.19. The molecule has 15 heavy (non-hydrogen) atoms. The van der Waals surface area contributed by atoms with Crippen molar-refractivity contribution in [3.05, 3.63) is 30.4 Å². The summed E-state index contributed by atoms with van der Waals surface area (Å²) in [7, 11) is 0. The Morgan fingerprint density at radius 3 is 3.13 bits per heavy atom. The monoisotopic (exact) mass is 204 g/mol. The van der Waals surface area contributed by atoms with Crippen molar-refractivity contribution in [2.45, 2.75) is 12.8 Å². The van der Waals surface area contributed by atoms with Crippen molar-refractivity contribution in [3.8, 4) is 11.3 Å². The van der Waals surface area contributed by atoms with Crippen molar-refractivity contribution in [2.24, 2.45) is 5.73 Å². The molecule has 2 aromatic rings. The van der Waals surface area contributed by atoms with Crippen LogP contribution in [0.15, 0.2) is 29.2 Å². The lowest BCUT2D eigenvalue weighted by Gasteiger charge is -1.99. The van der Waals surface area contributed by atoms with E-state index in [4.69, 9.17) is 15.6 Å². The van der Waals surface area contributed by atoms with E-state index in [1.165, 1.54) is 0 Å². The van der Waals surface area contributed by atoms with Crippen LogP contribution in [-0.2, 0) is 6.42 Å². The van der Waals surface area contributed by atoms with Crippen LogP contribution in [0.1, 0.15) is 12.0 Å². The molecule has 0 spiro atoms. The van der Waals surface area contributed by atoms with E-state index < -0.39 is 0 Å². The number of H-pyrrole nitrogens is 1. The summed E-state index contributed by atoms with van der Waals surface area (Å²) in [6.07, 6.45) is 6.29. The first-order chi connectivity index (χ1) is 7.27. The Labute approximate surface area is 86.8 Å². The summed E-state index contributed by atoms with van der Waals surface area (Å²) >= 11 is 0. The lowest BCUT2D eigenvalue weighted by Crippen LogP contribution is -2.10. The predicted molar refractivity (Wildman–Crippen MR) is 56.5 cm³/mol. The van der Waals surface area contributed by atoms with E-state index in [1.807, 2.05) is 6.07 Å². The minimum atomic E-state index is 0.189. The fourth-order valence-corrected chi connectivity index (χ4v) is 1.43. The fraction of sp³-hybridized carbons (Fsp3) is 0.200. The standard InChI is InChI=1S/C10H12N4O/c11-9(12)2-1-7-5-13-14-10(7)8-3-4-15-6-8/h3-6H,1-2H2,(H3,11,12)(H,13,14). The Hall–Kier alpha value is -2.04. The second kappa shape index (κ2) is 4.00. The number of nitrogens with one attached hydrogen (secondary N) is 2. The Kier molecular flexibility index (Phi) is 2.53. The van der Waals surface area contributed by atoms with Crippen LogP contribution in [0.4, 0.5) is 0 Å². The van der Waals surface area contributed by atoms with E-state index in [-0.39, 0.29) is 5.84 Å². The summed E-state index contributed by atoms with van der Waals surface area (Å²) in [5.74, 6) is 0.189. The molecule has 0 aromatic carbocycles. The number of aromatic nitrogens is 2. The molecule has 0 aliphatic rings. The summed E-state index contributed by atoms with van der Waals surface area (Å²) in [4.78, 5) is 0. The smallest absolute Gasteiger partial charge is 0.0996 e. The lowest BCUT2D eigenvalue weighted by atomic mass is 10.1. The average Bonchev–Trinajstić information content (AvgIpc) is 2.85. The Morgan fingerprint density at radius 2 is 2.47 bits per heavy atom. The zero-order valence-corrected chi connectivity index (χ0v) is 8.16. The summed E-state index contributed by atoms with van der Waals surface area (Å²) in [6.45, 7) is 0. The highest BCUT2D eigenvalue weighted by atomic mass is 16.3. The normalized spacial score (nSPS) is 10.4. The van der Waals surface area contributed by atoms with Crippen LogP contribution < -0.4 is 5.73 Å². The highest BCUT2D eigenvalue weighted by Crippen LogP contribution is 2.22. The van der Waals surface area contributed by atoms with Gasteiger partial charge in [-0.2, -0.15) is 5.10 Å². The van der Waals surface area contributed by atoms with Crippen LogP contribution in [0.3, 0.4) is 0 Å². The summed E-state index contributed by atoms with van der Waals surface area (Å²) < 4.78 is 5.00. The summed E-state index contributed by atoms with van der Waals surface area (Å²) in [5, 5.41) is 14.1. The Bertz CT molecular complexity index is 444. The molecule has 5 nitrogen and oxygen atoms in total. The molecule has 0 aliphatic heterocycles. The van der Waals surface area contributed by atoms with Gasteiger partial charge in [-0.1, -0.05) is 0 Å². The molecule has 0 atom stereocenters. The molecule has 0 amide bonds. The van der Waals surface area contributed by atoms with E-state index in [2.05, 4.69) is 10.2 Å². The SMILES string of the molecule is N=C(N)CCc1cn[nH]c1-c1ccoc1. The number of rotatable bonds is 4. The predicted octanol–water partition coefficient (Wildman–Crippen LogP) is 1.54. The third kappa shape index (κ3) is 2.07. The maximum Gasteiger partial charge on any atom is 0.0996 e. The molecule has 2 rings (SSSR count). The molecule has 2 aromatic heterocycles. The maximum absolute atomic E-state index is 7.17. The van der Waals surface area contributed by atoms with Gasteiger partial charge in [-0.25, -0.2) is 0 Å². The summed E-state index contributed by atoms with van der Waals surface area (Å²) in [6, 6.07) is 1.87. The first-order valence-corrected chi connectivity index (χ1v) is 4.65. The van der Waals surface area contributed by atoms with Gasteiger partial charge in [0.05, 0.1) is 30.3 Å². The molecular weight excluding hydrogens is 192 g/mol. The highest BCUT2D eigenvalue weighted by Gasteiger charge is 2.08. The van der Waals surface area contributed by atoms with Gasteiger partial charge < -0.3 is 10.2 Å². The zero-order chi connectivity index (χ0) is 10.7. The quantitative estimate of drug-likeness (QED) is 0.521. The van der Waals surface area contributed by atoms with E-state index in [0.717, 1.165) is 16.8 Å². The first-order valence-electron chi connectivity index (χ1n) is 4.65. The van der Waals surface area contributed by atoms with Gasteiger partial charge in [0, 0.05) is 12.0 Å². The average molecular weight is 204 g/mol. The lowest BCUT2D eigenvalue weighted by molar-refractivity contribution is 0.568. The van der Waals surface area contributed by atoms with Crippen LogP contribution in [0, 0.1) is 5.41 Å². The second-order valence-corrected chi connectivity index (χ2v) is 3.31. The van der Waals surface area contributed by atoms with Crippen molar-refractivity contribution in [3.63, 3.8) is 0 Å². The minimum Gasteiger partial charge on any atom is -0.472 e.